The monoisotopic (exact) mass is 361 g/mol. The number of carbonyl (C=O) groups is 1. The third kappa shape index (κ3) is 6.52. The van der Waals surface area contributed by atoms with E-state index in [4.69, 9.17) is 0 Å². The molecule has 0 fully saturated rings. The number of para-hydroxylation sites is 1. The molecule has 2 rings (SSSR count). The van der Waals surface area contributed by atoms with Gasteiger partial charge < -0.3 is 10.2 Å². The predicted octanol–water partition coefficient (Wildman–Crippen LogP) is 3.16. The number of nitrogens with one attached hydrogen (secondary N) is 2. The van der Waals surface area contributed by atoms with E-state index in [2.05, 4.69) is 12.2 Å². The fourth-order valence-electron chi connectivity index (χ4n) is 2.66. The Bertz CT molecular complexity index is 693. The molecule has 0 aliphatic carbocycles. The summed E-state index contributed by atoms with van der Waals surface area (Å²) >= 11 is 1.51. The van der Waals surface area contributed by atoms with Crippen molar-refractivity contribution in [2.45, 2.75) is 25.2 Å². The molecule has 3 nitrogen and oxygen atoms in total. The van der Waals surface area contributed by atoms with Crippen LogP contribution in [0.5, 0.6) is 0 Å². The largest absolute Gasteiger partial charge is 0.326 e. The molecule has 5 heteroatoms. The van der Waals surface area contributed by atoms with E-state index in [9.17, 15) is 9.18 Å². The molecule has 25 heavy (non-hydrogen) atoms. The molecule has 2 N–H and O–H groups in total. The van der Waals surface area contributed by atoms with Crippen LogP contribution in [0.4, 0.5) is 10.1 Å². The van der Waals surface area contributed by atoms with Crippen LogP contribution in [0, 0.1) is 12.7 Å². The summed E-state index contributed by atoms with van der Waals surface area (Å²) in [4.78, 5) is 14.2. The van der Waals surface area contributed by atoms with E-state index in [1.165, 1.54) is 22.7 Å². The van der Waals surface area contributed by atoms with E-state index in [1.807, 2.05) is 37.3 Å². The summed E-state index contributed by atoms with van der Waals surface area (Å²) in [6, 6.07) is 14.6. The molecule has 1 amide bonds. The number of amides is 1. The molecule has 0 radical (unpaired) electrons. The van der Waals surface area contributed by atoms with Crippen LogP contribution in [0.1, 0.15) is 18.9 Å². The molecule has 0 saturated heterocycles. The second-order valence-corrected chi connectivity index (χ2v) is 7.21. The topological polar surface area (TPSA) is 33.5 Å². The van der Waals surface area contributed by atoms with Gasteiger partial charge in [0.2, 0.25) is 0 Å². The highest BCUT2D eigenvalue weighted by atomic mass is 32.2. The zero-order chi connectivity index (χ0) is 18.1. The Labute approximate surface area is 153 Å². The van der Waals surface area contributed by atoms with Gasteiger partial charge in [0.15, 0.2) is 6.54 Å². The van der Waals surface area contributed by atoms with Crippen molar-refractivity contribution >= 4 is 23.4 Å². The number of aryl methyl sites for hydroxylation is 1. The van der Waals surface area contributed by atoms with Crippen LogP contribution in [-0.4, -0.2) is 31.3 Å². The van der Waals surface area contributed by atoms with Gasteiger partial charge in [-0.1, -0.05) is 37.3 Å². The van der Waals surface area contributed by atoms with Crippen molar-refractivity contribution in [1.82, 2.24) is 0 Å². The highest BCUT2D eigenvalue weighted by Gasteiger charge is 2.14. The van der Waals surface area contributed by atoms with E-state index in [0.717, 1.165) is 36.5 Å². The first-order valence-corrected chi connectivity index (χ1v) is 9.65. The molecule has 2 aromatic carbocycles. The molecule has 0 aliphatic rings. The van der Waals surface area contributed by atoms with E-state index in [1.54, 1.807) is 12.1 Å². The summed E-state index contributed by atoms with van der Waals surface area (Å²) in [6.45, 7) is 6.29. The quantitative estimate of drug-likeness (QED) is 0.673. The lowest BCUT2D eigenvalue weighted by Gasteiger charge is -2.18. The Hall–Kier alpha value is -1.85. The first-order chi connectivity index (χ1) is 12.1. The maximum Gasteiger partial charge on any atom is 0.279 e. The van der Waals surface area contributed by atoms with E-state index in [0.29, 0.717) is 11.4 Å². The summed E-state index contributed by atoms with van der Waals surface area (Å²) in [5, 5.41) is 2.99. The van der Waals surface area contributed by atoms with Crippen LogP contribution in [-0.2, 0) is 4.79 Å². The van der Waals surface area contributed by atoms with Crippen LogP contribution in [0.3, 0.4) is 0 Å². The fraction of sp³-hybridized carbons (Fsp3) is 0.350. The number of carbonyl (C=O) groups excluding carboxylic acids is 1. The second-order valence-electron chi connectivity index (χ2n) is 6.07. The van der Waals surface area contributed by atoms with Crippen molar-refractivity contribution in [2.24, 2.45) is 0 Å². The highest BCUT2D eigenvalue weighted by molar-refractivity contribution is 7.99. The zero-order valence-electron chi connectivity index (χ0n) is 14.8. The molecule has 1 atom stereocenters. The van der Waals surface area contributed by atoms with Gasteiger partial charge in [-0.05, 0) is 37.1 Å². The van der Waals surface area contributed by atoms with Crippen LogP contribution in [0.25, 0.3) is 0 Å². The maximum absolute atomic E-state index is 13.7. The van der Waals surface area contributed by atoms with Gasteiger partial charge in [0.05, 0.1) is 13.1 Å². The van der Waals surface area contributed by atoms with Gasteiger partial charge >= 0.3 is 0 Å². The van der Waals surface area contributed by atoms with E-state index >= 15 is 0 Å². The third-order valence-electron chi connectivity index (χ3n) is 3.98. The molecular formula is C20H26FN2OS+. The van der Waals surface area contributed by atoms with E-state index in [-0.39, 0.29) is 11.7 Å². The van der Waals surface area contributed by atoms with Crippen LogP contribution >= 0.6 is 11.8 Å². The van der Waals surface area contributed by atoms with Crippen molar-refractivity contribution in [3.63, 3.8) is 0 Å². The summed E-state index contributed by atoms with van der Waals surface area (Å²) in [6.07, 6.45) is 1.01. The number of thioether (sulfide) groups is 1. The molecule has 1 unspecified atom stereocenters. The SMILES string of the molecule is CCC[NH+](CCSc1ccccc1F)CC(=O)Nc1ccccc1C. The fourth-order valence-corrected chi connectivity index (χ4v) is 3.65. The van der Waals surface area contributed by atoms with Gasteiger partial charge in [0.25, 0.3) is 5.91 Å². The molecule has 0 heterocycles. The minimum atomic E-state index is -0.179. The molecule has 0 saturated carbocycles. The first-order valence-electron chi connectivity index (χ1n) is 8.66. The summed E-state index contributed by atoms with van der Waals surface area (Å²) in [7, 11) is 0. The average molecular weight is 362 g/mol. The molecular weight excluding hydrogens is 335 g/mol. The predicted molar refractivity (Wildman–Crippen MR) is 103 cm³/mol. The lowest BCUT2D eigenvalue weighted by molar-refractivity contribution is -0.889. The number of halogens is 1. The number of quaternary nitrogens is 1. The van der Waals surface area contributed by atoms with Crippen molar-refractivity contribution in [1.29, 1.82) is 0 Å². The van der Waals surface area contributed by atoms with Gasteiger partial charge in [-0.15, -0.1) is 11.8 Å². The lowest BCUT2D eigenvalue weighted by atomic mass is 10.2. The molecule has 0 bridgehead atoms. The highest BCUT2D eigenvalue weighted by Crippen LogP contribution is 2.20. The van der Waals surface area contributed by atoms with Crippen molar-refractivity contribution in [3.05, 3.63) is 59.9 Å². The number of rotatable bonds is 9. The van der Waals surface area contributed by atoms with Gasteiger partial charge in [-0.25, -0.2) is 4.39 Å². The standard InChI is InChI=1S/C20H25FN2OS/c1-3-12-23(13-14-25-19-11-7-5-9-17(19)21)15-20(24)22-18-10-6-4-8-16(18)2/h4-11H,3,12-15H2,1-2H3,(H,22,24)/p+1. The van der Waals surface area contributed by atoms with Crippen LogP contribution in [0.15, 0.2) is 53.4 Å². The molecule has 2 aromatic rings. The van der Waals surface area contributed by atoms with E-state index < -0.39 is 0 Å². The Morgan fingerprint density at radius 2 is 1.84 bits per heavy atom. The van der Waals surface area contributed by atoms with Crippen LogP contribution in [0.2, 0.25) is 0 Å². The van der Waals surface area contributed by atoms with Crippen molar-refractivity contribution in [2.75, 3.05) is 30.7 Å². The average Bonchev–Trinajstić information content (AvgIpc) is 2.59. The normalized spacial score (nSPS) is 12.0. The Balaban J connectivity index is 1.84. The van der Waals surface area contributed by atoms with Gasteiger partial charge in [-0.2, -0.15) is 0 Å². The summed E-state index contributed by atoms with van der Waals surface area (Å²) in [5.41, 5.74) is 1.92. The van der Waals surface area contributed by atoms with Crippen LogP contribution < -0.4 is 10.2 Å². The molecule has 0 spiro atoms. The number of hydrogen-bond donors (Lipinski definition) is 2. The zero-order valence-corrected chi connectivity index (χ0v) is 15.7. The maximum atomic E-state index is 13.7. The number of hydrogen-bond acceptors (Lipinski definition) is 2. The number of anilines is 1. The Morgan fingerprint density at radius 3 is 2.56 bits per heavy atom. The van der Waals surface area contributed by atoms with Gasteiger partial charge in [0, 0.05) is 16.3 Å². The summed E-state index contributed by atoms with van der Waals surface area (Å²) in [5.74, 6) is 0.629. The Morgan fingerprint density at radius 1 is 1.12 bits per heavy atom. The second kappa shape index (κ2) is 10.2. The number of benzene rings is 2. The minimum Gasteiger partial charge on any atom is -0.326 e. The molecule has 134 valence electrons. The minimum absolute atomic E-state index is 0.0219. The first kappa shape index (κ1) is 19.5. The van der Waals surface area contributed by atoms with Gasteiger partial charge in [0.1, 0.15) is 5.82 Å². The smallest absolute Gasteiger partial charge is 0.279 e. The molecule has 0 aromatic heterocycles. The summed E-state index contributed by atoms with van der Waals surface area (Å²) < 4.78 is 13.7. The Kier molecular flexibility index (Phi) is 7.95. The van der Waals surface area contributed by atoms with Crippen molar-refractivity contribution < 1.29 is 14.1 Å². The third-order valence-corrected chi connectivity index (χ3v) is 5.03. The molecule has 0 aliphatic heterocycles. The van der Waals surface area contributed by atoms with Crippen molar-refractivity contribution in [3.8, 4) is 0 Å². The van der Waals surface area contributed by atoms with Gasteiger partial charge in [-0.3, -0.25) is 4.79 Å². The lowest BCUT2D eigenvalue weighted by Crippen LogP contribution is -3.13.